The first-order chi connectivity index (χ1) is 4.25. The SMILES string of the molecule is CCn1c(S)csc1=S. The predicted octanol–water partition coefficient (Wildman–Crippen LogP) is 2.59. The fourth-order valence-corrected chi connectivity index (χ4v) is 2.21. The number of nitrogens with zero attached hydrogens (tertiary/aromatic N) is 1. The first-order valence-corrected chi connectivity index (χ1v) is 4.36. The zero-order valence-corrected chi connectivity index (χ0v) is 7.52. The molecule has 0 aliphatic carbocycles. The highest BCUT2D eigenvalue weighted by atomic mass is 32.1. The summed E-state index contributed by atoms with van der Waals surface area (Å²) in [6.45, 7) is 2.98. The van der Waals surface area contributed by atoms with Crippen molar-refractivity contribution in [2.75, 3.05) is 0 Å². The molecular formula is C5H7NS3. The minimum Gasteiger partial charge on any atom is -0.319 e. The molecule has 1 aromatic rings. The molecule has 9 heavy (non-hydrogen) atoms. The van der Waals surface area contributed by atoms with Crippen LogP contribution in [0.2, 0.25) is 0 Å². The second-order valence-electron chi connectivity index (χ2n) is 1.60. The maximum absolute atomic E-state index is 5.00. The van der Waals surface area contributed by atoms with Gasteiger partial charge in [0, 0.05) is 11.9 Å². The van der Waals surface area contributed by atoms with E-state index >= 15 is 0 Å². The Balaban J connectivity index is 3.23. The van der Waals surface area contributed by atoms with Crippen molar-refractivity contribution < 1.29 is 0 Å². The van der Waals surface area contributed by atoms with Gasteiger partial charge in [-0.15, -0.1) is 24.0 Å². The summed E-state index contributed by atoms with van der Waals surface area (Å²) >= 11 is 10.8. The number of rotatable bonds is 1. The van der Waals surface area contributed by atoms with Crippen LogP contribution in [0.25, 0.3) is 0 Å². The van der Waals surface area contributed by atoms with Gasteiger partial charge in [0.2, 0.25) is 0 Å². The van der Waals surface area contributed by atoms with E-state index in [0.29, 0.717) is 0 Å². The average Bonchev–Trinajstić information content (AvgIpc) is 2.12. The van der Waals surface area contributed by atoms with E-state index in [2.05, 4.69) is 19.6 Å². The van der Waals surface area contributed by atoms with Gasteiger partial charge in [0.15, 0.2) is 3.95 Å². The van der Waals surface area contributed by atoms with E-state index < -0.39 is 0 Å². The molecule has 0 amide bonds. The Labute approximate surface area is 68.7 Å². The van der Waals surface area contributed by atoms with Crippen molar-refractivity contribution in [3.05, 3.63) is 9.33 Å². The topological polar surface area (TPSA) is 4.93 Å². The number of hydrogen-bond donors (Lipinski definition) is 1. The second-order valence-corrected chi connectivity index (χ2v) is 3.57. The lowest BCUT2D eigenvalue weighted by atomic mass is 10.7. The summed E-state index contributed by atoms with van der Waals surface area (Å²) in [6, 6.07) is 0. The lowest BCUT2D eigenvalue weighted by Gasteiger charge is -1.95. The molecule has 0 atom stereocenters. The third kappa shape index (κ3) is 1.36. The summed E-state index contributed by atoms with van der Waals surface area (Å²) in [7, 11) is 0. The number of thiol groups is 1. The van der Waals surface area contributed by atoms with Gasteiger partial charge in [-0.2, -0.15) is 0 Å². The maximum atomic E-state index is 5.00. The Morgan fingerprint density at radius 3 is 2.78 bits per heavy atom. The Morgan fingerprint density at radius 1 is 1.89 bits per heavy atom. The van der Waals surface area contributed by atoms with Crippen LogP contribution in [0.15, 0.2) is 10.4 Å². The van der Waals surface area contributed by atoms with Crippen LogP contribution in [0.1, 0.15) is 6.92 Å². The Kier molecular flexibility index (Phi) is 2.32. The molecule has 0 radical (unpaired) electrons. The normalized spacial score (nSPS) is 10.0. The quantitative estimate of drug-likeness (QED) is 0.510. The molecule has 50 valence electrons. The molecule has 0 fully saturated rings. The van der Waals surface area contributed by atoms with Gasteiger partial charge in [-0.3, -0.25) is 0 Å². The van der Waals surface area contributed by atoms with Crippen LogP contribution in [-0.2, 0) is 6.54 Å². The summed E-state index contributed by atoms with van der Waals surface area (Å²) in [6.07, 6.45) is 0. The van der Waals surface area contributed by atoms with Crippen molar-refractivity contribution in [3.8, 4) is 0 Å². The van der Waals surface area contributed by atoms with E-state index in [1.165, 1.54) is 0 Å². The highest BCUT2D eigenvalue weighted by Gasteiger charge is 1.94. The zero-order chi connectivity index (χ0) is 6.85. The van der Waals surface area contributed by atoms with Crippen LogP contribution in [0.5, 0.6) is 0 Å². The van der Waals surface area contributed by atoms with Crippen LogP contribution >= 0.6 is 36.2 Å². The van der Waals surface area contributed by atoms with E-state index in [1.807, 2.05) is 9.95 Å². The van der Waals surface area contributed by atoms with Gasteiger partial charge in [0.05, 0.1) is 5.03 Å². The van der Waals surface area contributed by atoms with Crippen LogP contribution in [0.3, 0.4) is 0 Å². The smallest absolute Gasteiger partial charge is 0.161 e. The van der Waals surface area contributed by atoms with E-state index in [1.54, 1.807) is 11.3 Å². The van der Waals surface area contributed by atoms with Crippen molar-refractivity contribution in [3.63, 3.8) is 0 Å². The monoisotopic (exact) mass is 177 g/mol. The van der Waals surface area contributed by atoms with Crippen LogP contribution in [-0.4, -0.2) is 4.57 Å². The molecule has 0 unspecified atom stereocenters. The minimum atomic E-state index is 0.905. The van der Waals surface area contributed by atoms with Crippen molar-refractivity contribution in [2.45, 2.75) is 18.5 Å². The van der Waals surface area contributed by atoms with E-state index in [9.17, 15) is 0 Å². The molecular weight excluding hydrogens is 170 g/mol. The van der Waals surface area contributed by atoms with Crippen LogP contribution in [0.4, 0.5) is 0 Å². The van der Waals surface area contributed by atoms with Gasteiger partial charge in [-0.1, -0.05) is 0 Å². The molecule has 0 aliphatic heterocycles. The van der Waals surface area contributed by atoms with Gasteiger partial charge in [0.25, 0.3) is 0 Å². The Hall–Kier alpha value is 0.200. The van der Waals surface area contributed by atoms with Crippen molar-refractivity contribution in [2.24, 2.45) is 0 Å². The average molecular weight is 177 g/mol. The number of hydrogen-bond acceptors (Lipinski definition) is 3. The molecule has 0 aliphatic rings. The molecule has 0 saturated heterocycles. The summed E-state index contributed by atoms with van der Waals surface area (Å²) in [4.78, 5) is 0. The first kappa shape index (κ1) is 7.31. The summed E-state index contributed by atoms with van der Waals surface area (Å²) in [5.74, 6) is 0. The fraction of sp³-hybridized carbons (Fsp3) is 0.400. The van der Waals surface area contributed by atoms with Gasteiger partial charge in [0.1, 0.15) is 0 Å². The highest BCUT2D eigenvalue weighted by molar-refractivity contribution is 7.80. The van der Waals surface area contributed by atoms with Gasteiger partial charge in [-0.05, 0) is 19.1 Å². The van der Waals surface area contributed by atoms with E-state index in [0.717, 1.165) is 15.5 Å². The molecule has 1 nitrogen and oxygen atoms in total. The van der Waals surface area contributed by atoms with Crippen LogP contribution < -0.4 is 0 Å². The highest BCUT2D eigenvalue weighted by Crippen LogP contribution is 2.13. The van der Waals surface area contributed by atoms with Gasteiger partial charge >= 0.3 is 0 Å². The third-order valence-corrected chi connectivity index (χ3v) is 2.90. The Bertz CT molecular complexity index is 247. The summed E-state index contributed by atoms with van der Waals surface area (Å²) in [5.41, 5.74) is 0. The van der Waals surface area contributed by atoms with Crippen LogP contribution in [0, 0.1) is 3.95 Å². The predicted molar refractivity (Wildman–Crippen MR) is 46.1 cm³/mol. The zero-order valence-electron chi connectivity index (χ0n) is 5.00. The molecule has 1 aromatic heterocycles. The standard InChI is InChI=1S/C5H7NS3/c1-2-6-4(7)3-9-5(6)8/h3,7H,2H2,1H3. The molecule has 1 heterocycles. The van der Waals surface area contributed by atoms with Crippen molar-refractivity contribution in [1.82, 2.24) is 4.57 Å². The summed E-state index contributed by atoms with van der Waals surface area (Å²) < 4.78 is 2.89. The molecule has 0 N–H and O–H groups in total. The lowest BCUT2D eigenvalue weighted by molar-refractivity contribution is 0.699. The van der Waals surface area contributed by atoms with Crippen molar-refractivity contribution >= 4 is 36.2 Å². The molecule has 0 spiro atoms. The maximum Gasteiger partial charge on any atom is 0.161 e. The largest absolute Gasteiger partial charge is 0.319 e. The van der Waals surface area contributed by atoms with Crippen molar-refractivity contribution in [1.29, 1.82) is 0 Å². The minimum absolute atomic E-state index is 0.905. The molecule has 0 aromatic carbocycles. The molecule has 0 saturated carbocycles. The van der Waals surface area contributed by atoms with Gasteiger partial charge in [-0.25, -0.2) is 0 Å². The molecule has 0 bridgehead atoms. The lowest BCUT2D eigenvalue weighted by Crippen LogP contribution is -1.91. The Morgan fingerprint density at radius 2 is 2.56 bits per heavy atom. The molecule has 1 rings (SSSR count). The fourth-order valence-electron chi connectivity index (χ4n) is 0.615. The van der Waals surface area contributed by atoms with E-state index in [4.69, 9.17) is 12.2 Å². The third-order valence-electron chi connectivity index (χ3n) is 1.08. The first-order valence-electron chi connectivity index (χ1n) is 2.63. The van der Waals surface area contributed by atoms with E-state index in [-0.39, 0.29) is 0 Å². The number of aromatic nitrogens is 1. The second kappa shape index (κ2) is 2.86. The summed E-state index contributed by atoms with van der Waals surface area (Å²) in [5, 5.41) is 2.92. The molecule has 4 heteroatoms. The van der Waals surface area contributed by atoms with Gasteiger partial charge < -0.3 is 4.57 Å². The number of thiazole rings is 1.